The highest BCUT2D eigenvalue weighted by Crippen LogP contribution is 2.28. The summed E-state index contributed by atoms with van der Waals surface area (Å²) in [7, 11) is 0. The van der Waals surface area contributed by atoms with Crippen molar-refractivity contribution in [2.24, 2.45) is 0 Å². The van der Waals surface area contributed by atoms with Gasteiger partial charge >= 0.3 is 5.97 Å². The van der Waals surface area contributed by atoms with Gasteiger partial charge in [0.2, 0.25) is 0 Å². The number of benzene rings is 3. The molecule has 0 amide bonds. The third-order valence-corrected chi connectivity index (χ3v) is 7.94. The van der Waals surface area contributed by atoms with Crippen molar-refractivity contribution in [3.63, 3.8) is 0 Å². The maximum atomic E-state index is 11.5. The number of aromatic nitrogens is 1. The molecule has 0 aliphatic rings. The van der Waals surface area contributed by atoms with E-state index in [9.17, 15) is 4.79 Å². The van der Waals surface area contributed by atoms with E-state index in [1.54, 1.807) is 19.3 Å². The van der Waals surface area contributed by atoms with Crippen LogP contribution >= 0.6 is 0 Å². The number of unbranched alkanes of at least 4 members (excludes halogenated alkanes) is 3. The molecule has 248 valence electrons. The molecule has 0 radical (unpaired) electrons. The first kappa shape index (κ1) is 35.3. The second-order valence-corrected chi connectivity index (χ2v) is 11.8. The first-order valence-corrected chi connectivity index (χ1v) is 16.9. The second-order valence-electron chi connectivity index (χ2n) is 11.8. The number of pyridine rings is 1. The van der Waals surface area contributed by atoms with Crippen LogP contribution in [0.15, 0.2) is 103 Å². The molecule has 0 saturated heterocycles. The van der Waals surface area contributed by atoms with Gasteiger partial charge in [-0.1, -0.05) is 56.0 Å². The molecule has 3 aromatic carbocycles. The Morgan fingerprint density at radius 1 is 0.638 bits per heavy atom. The lowest BCUT2D eigenvalue weighted by molar-refractivity contribution is -0.139. The molecule has 0 bridgehead atoms. The summed E-state index contributed by atoms with van der Waals surface area (Å²) in [6, 6.07) is 27.5. The summed E-state index contributed by atoms with van der Waals surface area (Å²) in [4.78, 5) is 15.5. The largest absolute Gasteiger partial charge is 0.494 e. The number of esters is 1. The lowest BCUT2D eigenvalue weighted by Crippen LogP contribution is -2.09. The van der Waals surface area contributed by atoms with Crippen molar-refractivity contribution >= 4 is 5.97 Å². The molecule has 4 aromatic rings. The molecule has 0 aliphatic heterocycles. The number of aryl methyl sites for hydroxylation is 3. The minimum absolute atomic E-state index is 0.325. The van der Waals surface area contributed by atoms with Gasteiger partial charge in [-0.2, -0.15) is 0 Å². The van der Waals surface area contributed by atoms with Crippen LogP contribution in [0.25, 0.3) is 11.1 Å². The molecule has 1 aromatic heterocycles. The number of carbonyl (C=O) groups excluding carboxylic acids is 1. The Labute approximate surface area is 280 Å². The van der Waals surface area contributed by atoms with Crippen LogP contribution < -0.4 is 14.2 Å². The van der Waals surface area contributed by atoms with Crippen molar-refractivity contribution in [1.82, 2.24) is 4.98 Å². The van der Waals surface area contributed by atoms with Crippen molar-refractivity contribution in [2.45, 2.75) is 71.6 Å². The van der Waals surface area contributed by atoms with E-state index in [4.69, 9.17) is 18.9 Å². The molecule has 0 unspecified atom stereocenters. The number of nitrogens with zero attached hydrogens (tertiary/aromatic N) is 1. The summed E-state index contributed by atoms with van der Waals surface area (Å²) < 4.78 is 22.6. The minimum Gasteiger partial charge on any atom is -0.494 e. The van der Waals surface area contributed by atoms with Gasteiger partial charge in [0.1, 0.15) is 17.2 Å². The summed E-state index contributed by atoms with van der Waals surface area (Å²) in [5.41, 5.74) is 6.98. The molecule has 6 nitrogen and oxygen atoms in total. The molecular formula is C41H49NO5. The Kier molecular flexibility index (Phi) is 14.9. The summed E-state index contributed by atoms with van der Waals surface area (Å²) in [6.07, 6.45) is 12.7. The van der Waals surface area contributed by atoms with Crippen LogP contribution in [0.5, 0.6) is 17.2 Å². The molecule has 1 heterocycles. The van der Waals surface area contributed by atoms with Crippen LogP contribution in [-0.2, 0) is 28.8 Å². The highest BCUT2D eigenvalue weighted by molar-refractivity contribution is 5.86. The zero-order valence-corrected chi connectivity index (χ0v) is 28.0. The molecule has 47 heavy (non-hydrogen) atoms. The molecule has 4 rings (SSSR count). The van der Waals surface area contributed by atoms with E-state index in [-0.39, 0.29) is 5.97 Å². The van der Waals surface area contributed by atoms with Crippen LogP contribution in [0.4, 0.5) is 0 Å². The standard InChI is InChI=1S/C41H49NO5/c1-4-35-31-34(15-22-40(35)36-16-20-38(21-17-36)46-29-10-30-47-41(43)32(2)3)12-7-6-11-33-13-18-37(19-14-33)44-27-8-5-9-28-45-39-23-25-42-26-24-39/h13-26,31H,2,4-12,27-30H2,1,3H3. The average molecular weight is 636 g/mol. The number of ether oxygens (including phenoxy) is 4. The fourth-order valence-corrected chi connectivity index (χ4v) is 5.25. The van der Waals surface area contributed by atoms with Crippen LogP contribution in [-0.4, -0.2) is 37.4 Å². The van der Waals surface area contributed by atoms with E-state index < -0.39 is 0 Å². The monoisotopic (exact) mass is 635 g/mol. The average Bonchev–Trinajstić information content (AvgIpc) is 3.10. The third-order valence-electron chi connectivity index (χ3n) is 7.94. The van der Waals surface area contributed by atoms with Gasteiger partial charge in [0, 0.05) is 24.4 Å². The van der Waals surface area contributed by atoms with Gasteiger partial charge in [-0.05, 0) is 123 Å². The predicted octanol–water partition coefficient (Wildman–Crippen LogP) is 9.39. The Hall–Kier alpha value is -4.58. The normalized spacial score (nSPS) is 10.8. The molecule has 0 spiro atoms. The zero-order chi connectivity index (χ0) is 33.1. The van der Waals surface area contributed by atoms with E-state index in [1.165, 1.54) is 27.8 Å². The Bertz CT molecular complexity index is 1500. The summed E-state index contributed by atoms with van der Waals surface area (Å²) >= 11 is 0. The molecule has 0 aliphatic carbocycles. The van der Waals surface area contributed by atoms with Crippen LogP contribution in [0, 0.1) is 0 Å². The van der Waals surface area contributed by atoms with Crippen molar-refractivity contribution in [2.75, 3.05) is 26.4 Å². The van der Waals surface area contributed by atoms with Gasteiger partial charge < -0.3 is 18.9 Å². The Morgan fingerprint density at radius 2 is 1.19 bits per heavy atom. The lowest BCUT2D eigenvalue weighted by atomic mass is 9.94. The summed E-state index contributed by atoms with van der Waals surface area (Å²) in [6.45, 7) is 9.71. The number of hydrogen-bond donors (Lipinski definition) is 0. The van der Waals surface area contributed by atoms with Gasteiger partial charge in [-0.3, -0.25) is 4.98 Å². The quantitative estimate of drug-likeness (QED) is 0.0516. The predicted molar refractivity (Wildman–Crippen MR) is 189 cm³/mol. The molecular weight excluding hydrogens is 586 g/mol. The Balaban J connectivity index is 1.11. The van der Waals surface area contributed by atoms with Crippen molar-refractivity contribution in [3.05, 3.63) is 120 Å². The molecule has 0 N–H and O–H groups in total. The van der Waals surface area contributed by atoms with Gasteiger partial charge in [-0.15, -0.1) is 0 Å². The first-order valence-electron chi connectivity index (χ1n) is 16.9. The van der Waals surface area contributed by atoms with Crippen molar-refractivity contribution in [1.29, 1.82) is 0 Å². The van der Waals surface area contributed by atoms with Crippen LogP contribution in [0.2, 0.25) is 0 Å². The van der Waals surface area contributed by atoms with Crippen molar-refractivity contribution < 1.29 is 23.7 Å². The number of hydrogen-bond acceptors (Lipinski definition) is 6. The minimum atomic E-state index is -0.359. The molecule has 6 heteroatoms. The van der Waals surface area contributed by atoms with Gasteiger partial charge in [0.15, 0.2) is 0 Å². The van der Waals surface area contributed by atoms with E-state index in [0.717, 1.165) is 81.8 Å². The SMILES string of the molecule is C=C(C)C(=O)OCCCOc1ccc(-c2ccc(CCCCc3ccc(OCCCCCOc4ccncc4)cc3)cc2CC)cc1. The van der Waals surface area contributed by atoms with E-state index in [1.807, 2.05) is 24.3 Å². The maximum absolute atomic E-state index is 11.5. The highest BCUT2D eigenvalue weighted by atomic mass is 16.5. The lowest BCUT2D eigenvalue weighted by Gasteiger charge is -2.12. The van der Waals surface area contributed by atoms with Crippen LogP contribution in [0.3, 0.4) is 0 Å². The number of carbonyl (C=O) groups is 1. The third kappa shape index (κ3) is 12.6. The topological polar surface area (TPSA) is 66.9 Å². The molecule has 0 saturated carbocycles. The summed E-state index contributed by atoms with van der Waals surface area (Å²) in [5, 5.41) is 0. The zero-order valence-electron chi connectivity index (χ0n) is 28.0. The smallest absolute Gasteiger partial charge is 0.333 e. The van der Waals surface area contributed by atoms with E-state index >= 15 is 0 Å². The fraction of sp³-hybridized carbons (Fsp3) is 0.366. The van der Waals surface area contributed by atoms with Gasteiger partial charge in [0.25, 0.3) is 0 Å². The maximum Gasteiger partial charge on any atom is 0.333 e. The van der Waals surface area contributed by atoms with Crippen LogP contribution in [0.1, 0.15) is 69.1 Å². The Morgan fingerprint density at radius 3 is 1.81 bits per heavy atom. The second kappa shape index (κ2) is 19.8. The van der Waals surface area contributed by atoms with E-state index in [2.05, 4.69) is 73.1 Å². The summed E-state index contributed by atoms with van der Waals surface area (Å²) in [5.74, 6) is 2.27. The van der Waals surface area contributed by atoms with E-state index in [0.29, 0.717) is 25.2 Å². The van der Waals surface area contributed by atoms with Gasteiger partial charge in [0.05, 0.1) is 26.4 Å². The van der Waals surface area contributed by atoms with Crippen molar-refractivity contribution in [3.8, 4) is 28.4 Å². The highest BCUT2D eigenvalue weighted by Gasteiger charge is 2.07. The number of rotatable bonds is 21. The fourth-order valence-electron chi connectivity index (χ4n) is 5.25. The van der Waals surface area contributed by atoms with Gasteiger partial charge in [-0.25, -0.2) is 4.79 Å². The first-order chi connectivity index (χ1) is 23.0. The molecule has 0 fully saturated rings. The molecule has 0 atom stereocenters.